The number of nitrogens with two attached hydrogens (primary N) is 1. The van der Waals surface area contributed by atoms with E-state index in [1.54, 1.807) is 30.1 Å². The van der Waals surface area contributed by atoms with Gasteiger partial charge in [-0.15, -0.1) is 0 Å². The molecule has 4 rings (SSSR count). The number of rotatable bonds is 11. The number of nitrogen functional groups attached to an aromatic ring is 1. The van der Waals surface area contributed by atoms with E-state index in [1.165, 1.54) is 6.08 Å². The van der Waals surface area contributed by atoms with Gasteiger partial charge in [-0.25, -0.2) is 9.97 Å². The predicted octanol–water partition coefficient (Wildman–Crippen LogP) is 3.55. The number of nitrogens with zero attached hydrogens (tertiary/aromatic N) is 5. The number of hydrogen-bond donors (Lipinski definition) is 4. The number of alkyl halides is 6. The fourth-order valence-corrected chi connectivity index (χ4v) is 4.43. The third-order valence-electron chi connectivity index (χ3n) is 6.49. The van der Waals surface area contributed by atoms with Crippen molar-refractivity contribution in [1.82, 2.24) is 40.5 Å². The van der Waals surface area contributed by atoms with Crippen LogP contribution in [0.3, 0.4) is 0 Å². The van der Waals surface area contributed by atoms with Gasteiger partial charge < -0.3 is 26.3 Å². The van der Waals surface area contributed by atoms with E-state index in [9.17, 15) is 40.7 Å². The number of aryl methyl sites for hydroxylation is 1. The monoisotopic (exact) mass is 661 g/mol. The van der Waals surface area contributed by atoms with Gasteiger partial charge in [0.05, 0.1) is 35.6 Å². The lowest BCUT2D eigenvalue weighted by atomic mass is 10.0. The minimum Gasteiger partial charge on any atom is -0.382 e. The van der Waals surface area contributed by atoms with Gasteiger partial charge in [-0.1, -0.05) is 6.08 Å². The van der Waals surface area contributed by atoms with Crippen LogP contribution in [-0.4, -0.2) is 42.7 Å². The molecule has 12 nitrogen and oxygen atoms in total. The van der Waals surface area contributed by atoms with Crippen LogP contribution in [0, 0.1) is 0 Å². The molecule has 0 radical (unpaired) electrons. The zero-order chi connectivity index (χ0) is 34.4. The summed E-state index contributed by atoms with van der Waals surface area (Å²) in [5, 5.41) is 6.81. The van der Waals surface area contributed by atoms with Crippen LogP contribution in [0.5, 0.6) is 0 Å². The Hall–Kier alpha value is -5.81. The van der Waals surface area contributed by atoms with Crippen LogP contribution in [0.15, 0.2) is 61.3 Å². The number of hydrogen-bond acceptors (Lipinski definition) is 8. The van der Waals surface area contributed by atoms with E-state index in [0.29, 0.717) is 5.56 Å². The zero-order valence-corrected chi connectivity index (χ0v) is 24.3. The van der Waals surface area contributed by atoms with Crippen molar-refractivity contribution in [2.24, 2.45) is 7.05 Å². The molecule has 0 aliphatic rings. The molecule has 4 aromatic heterocycles. The third-order valence-corrected chi connectivity index (χ3v) is 6.49. The molecule has 0 unspecified atom stereocenters. The standard InChI is InChI=1S/C29H25F6N9O3/c1-44-11-7-17(14-44)22-23(26(46)40-9-2-4-16-6-10-39-20(12-37-15-45)21(16)29(33,34)35)43-25(36)24(42-22)27(47)41-13-19-18(28(30,31)32)5-3-8-38-19/h2-3,5-11,14-15H,4,12-13H2,1H3,(H2,36,43)(H,37,45)(H,40,46)(H,41,47)/b9-2-. The molecule has 0 saturated carbocycles. The van der Waals surface area contributed by atoms with Crippen molar-refractivity contribution >= 4 is 24.0 Å². The molecule has 0 atom stereocenters. The van der Waals surface area contributed by atoms with Gasteiger partial charge in [0.25, 0.3) is 11.8 Å². The molecule has 4 aromatic rings. The Kier molecular flexibility index (Phi) is 10.2. The Labute approximate surface area is 262 Å². The molecular weight excluding hydrogens is 636 g/mol. The summed E-state index contributed by atoms with van der Waals surface area (Å²) in [6, 6.07) is 4.63. The second-order valence-electron chi connectivity index (χ2n) is 9.77. The van der Waals surface area contributed by atoms with Gasteiger partial charge in [0, 0.05) is 43.6 Å². The van der Waals surface area contributed by atoms with Crippen molar-refractivity contribution in [3.05, 3.63) is 101 Å². The fourth-order valence-electron chi connectivity index (χ4n) is 4.43. The van der Waals surface area contributed by atoms with Crippen molar-refractivity contribution in [3.63, 3.8) is 0 Å². The summed E-state index contributed by atoms with van der Waals surface area (Å²) in [4.78, 5) is 52.3. The highest BCUT2D eigenvalue weighted by Gasteiger charge is 2.36. The molecule has 0 aliphatic carbocycles. The summed E-state index contributed by atoms with van der Waals surface area (Å²) >= 11 is 0. The van der Waals surface area contributed by atoms with E-state index < -0.39 is 65.6 Å². The van der Waals surface area contributed by atoms with Gasteiger partial charge in [-0.3, -0.25) is 24.4 Å². The first-order chi connectivity index (χ1) is 22.2. The summed E-state index contributed by atoms with van der Waals surface area (Å²) in [5.41, 5.74) is 2.27. The molecule has 246 valence electrons. The van der Waals surface area contributed by atoms with Crippen molar-refractivity contribution in [2.45, 2.75) is 31.9 Å². The maximum atomic E-state index is 13.8. The first-order valence-electron chi connectivity index (χ1n) is 13.5. The highest BCUT2D eigenvalue weighted by molar-refractivity contribution is 6.02. The second kappa shape index (κ2) is 14.1. The number of aromatic nitrogens is 5. The maximum absolute atomic E-state index is 13.8. The minimum atomic E-state index is -4.77. The second-order valence-corrected chi connectivity index (χ2v) is 9.77. The van der Waals surface area contributed by atoms with Gasteiger partial charge in [-0.05, 0) is 36.2 Å². The number of carbonyl (C=O) groups is 3. The van der Waals surface area contributed by atoms with E-state index >= 15 is 0 Å². The summed E-state index contributed by atoms with van der Waals surface area (Å²) in [7, 11) is 1.67. The molecule has 3 amide bonds. The molecule has 0 aliphatic heterocycles. The lowest BCUT2D eigenvalue weighted by Gasteiger charge is -2.15. The van der Waals surface area contributed by atoms with Gasteiger partial charge in [-0.2, -0.15) is 26.3 Å². The normalized spacial score (nSPS) is 11.8. The van der Waals surface area contributed by atoms with Gasteiger partial charge in [0.15, 0.2) is 17.2 Å². The Bertz CT molecular complexity index is 1820. The Morgan fingerprint density at radius 2 is 1.68 bits per heavy atom. The topological polar surface area (TPSA) is 170 Å². The van der Waals surface area contributed by atoms with Crippen molar-refractivity contribution in [2.75, 3.05) is 5.73 Å². The minimum absolute atomic E-state index is 0.106. The van der Waals surface area contributed by atoms with Gasteiger partial charge in [0.1, 0.15) is 5.69 Å². The molecule has 47 heavy (non-hydrogen) atoms. The fraction of sp³-hybridized carbons (Fsp3) is 0.207. The maximum Gasteiger partial charge on any atom is 0.418 e. The van der Waals surface area contributed by atoms with E-state index in [-0.39, 0.29) is 35.5 Å². The van der Waals surface area contributed by atoms with Crippen LogP contribution in [0.25, 0.3) is 11.3 Å². The number of halogens is 6. The number of allylic oxidation sites excluding steroid dienone is 1. The number of amides is 3. The van der Waals surface area contributed by atoms with Gasteiger partial charge in [0.2, 0.25) is 6.41 Å². The molecule has 0 saturated heterocycles. The third kappa shape index (κ3) is 8.27. The molecule has 0 spiro atoms. The molecule has 0 fully saturated rings. The van der Waals surface area contributed by atoms with Crippen molar-refractivity contribution in [3.8, 4) is 11.3 Å². The Morgan fingerprint density at radius 1 is 0.936 bits per heavy atom. The number of nitrogens with one attached hydrogen (secondary N) is 3. The van der Waals surface area contributed by atoms with Crippen LogP contribution in [-0.2, 0) is 43.7 Å². The average Bonchev–Trinajstić information content (AvgIpc) is 3.45. The molecule has 0 aromatic carbocycles. The van der Waals surface area contributed by atoms with Crippen molar-refractivity contribution < 1.29 is 40.7 Å². The molecule has 18 heteroatoms. The molecule has 5 N–H and O–H groups in total. The Morgan fingerprint density at radius 3 is 2.34 bits per heavy atom. The highest BCUT2D eigenvalue weighted by Crippen LogP contribution is 2.34. The molecule has 4 heterocycles. The van der Waals surface area contributed by atoms with E-state index in [4.69, 9.17) is 5.73 Å². The van der Waals surface area contributed by atoms with E-state index in [1.807, 2.05) is 0 Å². The highest BCUT2D eigenvalue weighted by atomic mass is 19.4. The molecule has 0 bridgehead atoms. The first kappa shape index (κ1) is 34.1. The molecular formula is C29H25F6N9O3. The van der Waals surface area contributed by atoms with Crippen LogP contribution in [0.4, 0.5) is 32.2 Å². The van der Waals surface area contributed by atoms with Crippen molar-refractivity contribution in [1.29, 1.82) is 0 Å². The van der Waals surface area contributed by atoms with E-state index in [2.05, 4.69) is 35.9 Å². The number of pyridine rings is 2. The predicted molar refractivity (Wildman–Crippen MR) is 154 cm³/mol. The zero-order valence-electron chi connectivity index (χ0n) is 24.3. The smallest absolute Gasteiger partial charge is 0.382 e. The lowest BCUT2D eigenvalue weighted by molar-refractivity contribution is -0.139. The Balaban J connectivity index is 1.57. The largest absolute Gasteiger partial charge is 0.418 e. The van der Waals surface area contributed by atoms with E-state index in [0.717, 1.165) is 36.8 Å². The average molecular weight is 662 g/mol. The quantitative estimate of drug-likeness (QED) is 0.140. The lowest BCUT2D eigenvalue weighted by Crippen LogP contribution is -2.29. The first-order valence-corrected chi connectivity index (χ1v) is 13.5. The van der Waals surface area contributed by atoms with Crippen LogP contribution in [0.1, 0.15) is 49.1 Å². The summed E-state index contributed by atoms with van der Waals surface area (Å²) in [6.45, 7) is -1.06. The summed E-state index contributed by atoms with van der Waals surface area (Å²) in [6.07, 6.45) is -1.73. The summed E-state index contributed by atoms with van der Waals surface area (Å²) in [5.74, 6) is -2.38. The SMILES string of the molecule is Cn1ccc(-c2nc(C(=O)NCc3ncccc3C(F)(F)F)c(N)nc2C(=O)N/C=C\Cc2ccnc(CNC=O)c2C(F)(F)F)c1. The number of anilines is 1. The van der Waals surface area contributed by atoms with Gasteiger partial charge >= 0.3 is 12.4 Å². The summed E-state index contributed by atoms with van der Waals surface area (Å²) < 4.78 is 83.0. The number of carbonyl (C=O) groups excluding carboxylic acids is 3. The van der Waals surface area contributed by atoms with Crippen LogP contribution < -0.4 is 21.7 Å². The van der Waals surface area contributed by atoms with Crippen LogP contribution >= 0.6 is 0 Å². The van der Waals surface area contributed by atoms with Crippen LogP contribution in [0.2, 0.25) is 0 Å².